The number of hydrogen-bond donors (Lipinski definition) is 2. The molecule has 0 aliphatic heterocycles. The lowest BCUT2D eigenvalue weighted by molar-refractivity contribution is 0.102. The van der Waals surface area contributed by atoms with Crippen molar-refractivity contribution < 1.29 is 4.79 Å². The molecule has 100 valence electrons. The van der Waals surface area contributed by atoms with E-state index in [0.717, 1.165) is 11.1 Å². The van der Waals surface area contributed by atoms with Crippen molar-refractivity contribution in [1.82, 2.24) is 9.97 Å². The van der Waals surface area contributed by atoms with Crippen LogP contribution in [0.2, 0.25) is 0 Å². The third-order valence-corrected chi connectivity index (χ3v) is 2.48. The lowest BCUT2D eigenvalue weighted by atomic mass is 10.1. The van der Waals surface area contributed by atoms with Crippen molar-refractivity contribution in [3.8, 4) is 11.8 Å². The SMILES string of the molecule is Cc1cc(C#CCN)cc(C(=O)Nc2cnccn2)c1. The van der Waals surface area contributed by atoms with E-state index < -0.39 is 0 Å². The number of benzene rings is 1. The van der Waals surface area contributed by atoms with E-state index in [-0.39, 0.29) is 12.5 Å². The van der Waals surface area contributed by atoms with Gasteiger partial charge in [0.2, 0.25) is 0 Å². The average molecular weight is 266 g/mol. The van der Waals surface area contributed by atoms with Crippen molar-refractivity contribution in [2.45, 2.75) is 6.92 Å². The second kappa shape index (κ2) is 6.45. The van der Waals surface area contributed by atoms with Crippen molar-refractivity contribution in [1.29, 1.82) is 0 Å². The zero-order valence-corrected chi connectivity index (χ0v) is 11.1. The summed E-state index contributed by atoms with van der Waals surface area (Å²) in [5.41, 5.74) is 7.59. The molecule has 5 nitrogen and oxygen atoms in total. The topological polar surface area (TPSA) is 80.9 Å². The molecule has 0 spiro atoms. The third-order valence-electron chi connectivity index (χ3n) is 2.48. The molecule has 5 heteroatoms. The van der Waals surface area contributed by atoms with Crippen LogP contribution in [0, 0.1) is 18.8 Å². The minimum atomic E-state index is -0.245. The molecule has 2 rings (SSSR count). The zero-order valence-electron chi connectivity index (χ0n) is 11.1. The smallest absolute Gasteiger partial charge is 0.256 e. The normalized spacial score (nSPS) is 9.50. The maximum atomic E-state index is 12.1. The van der Waals surface area contributed by atoms with Crippen molar-refractivity contribution in [3.63, 3.8) is 0 Å². The van der Waals surface area contributed by atoms with Crippen LogP contribution >= 0.6 is 0 Å². The summed E-state index contributed by atoms with van der Waals surface area (Å²) in [4.78, 5) is 20.0. The summed E-state index contributed by atoms with van der Waals surface area (Å²) in [5, 5.41) is 2.68. The molecular formula is C15H14N4O. The van der Waals surface area contributed by atoms with Gasteiger partial charge in [-0.1, -0.05) is 11.8 Å². The van der Waals surface area contributed by atoms with E-state index in [1.165, 1.54) is 12.4 Å². The van der Waals surface area contributed by atoms with Gasteiger partial charge in [-0.05, 0) is 30.7 Å². The third kappa shape index (κ3) is 3.64. The Morgan fingerprint density at radius 3 is 2.90 bits per heavy atom. The summed E-state index contributed by atoms with van der Waals surface area (Å²) in [7, 11) is 0. The quantitative estimate of drug-likeness (QED) is 0.804. The molecule has 0 fully saturated rings. The van der Waals surface area contributed by atoms with E-state index in [1.807, 2.05) is 13.0 Å². The minimum Gasteiger partial charge on any atom is -0.320 e. The van der Waals surface area contributed by atoms with Crippen molar-refractivity contribution in [3.05, 3.63) is 53.5 Å². The summed E-state index contributed by atoms with van der Waals surface area (Å²) in [6, 6.07) is 5.42. The highest BCUT2D eigenvalue weighted by Gasteiger charge is 2.08. The fraction of sp³-hybridized carbons (Fsp3) is 0.133. The molecule has 0 radical (unpaired) electrons. The Hall–Kier alpha value is -2.71. The van der Waals surface area contributed by atoms with Crippen LogP contribution in [0.25, 0.3) is 0 Å². The van der Waals surface area contributed by atoms with Crippen LogP contribution in [0.15, 0.2) is 36.8 Å². The van der Waals surface area contributed by atoms with Gasteiger partial charge in [-0.15, -0.1) is 0 Å². The number of hydrogen-bond acceptors (Lipinski definition) is 4. The van der Waals surface area contributed by atoms with Gasteiger partial charge < -0.3 is 11.1 Å². The molecule has 2 aromatic rings. The molecule has 0 saturated heterocycles. The van der Waals surface area contributed by atoms with E-state index in [1.54, 1.807) is 18.3 Å². The van der Waals surface area contributed by atoms with Gasteiger partial charge in [0.25, 0.3) is 5.91 Å². The molecule has 0 unspecified atom stereocenters. The number of nitrogens with one attached hydrogen (secondary N) is 1. The molecule has 1 aromatic carbocycles. The number of rotatable bonds is 2. The second-order valence-corrected chi connectivity index (χ2v) is 4.14. The predicted molar refractivity (Wildman–Crippen MR) is 77.1 cm³/mol. The van der Waals surface area contributed by atoms with Crippen LogP contribution < -0.4 is 11.1 Å². The monoisotopic (exact) mass is 266 g/mol. The summed E-state index contributed by atoms with van der Waals surface area (Å²) in [6.45, 7) is 2.20. The number of amides is 1. The van der Waals surface area contributed by atoms with E-state index in [0.29, 0.717) is 11.4 Å². The number of carbonyl (C=O) groups is 1. The summed E-state index contributed by atoms with van der Waals surface area (Å²) in [5.74, 6) is 5.86. The lowest BCUT2D eigenvalue weighted by Gasteiger charge is -2.05. The van der Waals surface area contributed by atoms with E-state index >= 15 is 0 Å². The van der Waals surface area contributed by atoms with Crippen LogP contribution in [-0.4, -0.2) is 22.4 Å². The molecule has 0 aliphatic carbocycles. The number of nitrogens with zero attached hydrogens (tertiary/aromatic N) is 2. The van der Waals surface area contributed by atoms with Gasteiger partial charge >= 0.3 is 0 Å². The maximum absolute atomic E-state index is 12.1. The Labute approximate surface area is 117 Å². The highest BCUT2D eigenvalue weighted by atomic mass is 16.1. The first kappa shape index (κ1) is 13.7. The molecule has 0 saturated carbocycles. The lowest BCUT2D eigenvalue weighted by Crippen LogP contribution is -2.13. The fourth-order valence-electron chi connectivity index (χ4n) is 1.69. The summed E-state index contributed by atoms with van der Waals surface area (Å²) in [6.07, 6.45) is 4.55. The minimum absolute atomic E-state index is 0.245. The molecule has 1 heterocycles. The predicted octanol–water partition coefficient (Wildman–Crippen LogP) is 1.35. The highest BCUT2D eigenvalue weighted by molar-refractivity contribution is 6.04. The summed E-state index contributed by atoms with van der Waals surface area (Å²) < 4.78 is 0. The Balaban J connectivity index is 2.23. The largest absolute Gasteiger partial charge is 0.320 e. The molecule has 0 aliphatic rings. The Morgan fingerprint density at radius 1 is 1.35 bits per heavy atom. The first-order valence-electron chi connectivity index (χ1n) is 6.07. The van der Waals surface area contributed by atoms with E-state index in [9.17, 15) is 4.79 Å². The fourth-order valence-corrected chi connectivity index (χ4v) is 1.69. The Bertz CT molecular complexity index is 671. The number of carbonyl (C=O) groups excluding carboxylic acids is 1. The number of aromatic nitrogens is 2. The van der Waals surface area contributed by atoms with Crippen molar-refractivity contribution in [2.24, 2.45) is 5.73 Å². The van der Waals surface area contributed by atoms with Crippen molar-refractivity contribution in [2.75, 3.05) is 11.9 Å². The van der Waals surface area contributed by atoms with E-state index in [4.69, 9.17) is 5.73 Å². The van der Waals surface area contributed by atoms with E-state index in [2.05, 4.69) is 27.1 Å². The van der Waals surface area contributed by atoms with Crippen molar-refractivity contribution >= 4 is 11.7 Å². The molecule has 1 aromatic heterocycles. The van der Waals surface area contributed by atoms with Gasteiger partial charge in [0.1, 0.15) is 0 Å². The highest BCUT2D eigenvalue weighted by Crippen LogP contribution is 2.11. The average Bonchev–Trinajstić information content (AvgIpc) is 2.45. The first-order valence-corrected chi connectivity index (χ1v) is 6.07. The Morgan fingerprint density at radius 2 is 2.20 bits per heavy atom. The number of anilines is 1. The molecule has 0 atom stereocenters. The van der Waals surface area contributed by atoms with Gasteiger partial charge in [0, 0.05) is 23.5 Å². The molecule has 20 heavy (non-hydrogen) atoms. The number of aryl methyl sites for hydroxylation is 1. The van der Waals surface area contributed by atoms with Gasteiger partial charge in [-0.25, -0.2) is 4.98 Å². The zero-order chi connectivity index (χ0) is 14.4. The molecule has 0 bridgehead atoms. The van der Waals surface area contributed by atoms with Gasteiger partial charge in [0.15, 0.2) is 5.82 Å². The van der Waals surface area contributed by atoms with Gasteiger partial charge in [-0.3, -0.25) is 9.78 Å². The van der Waals surface area contributed by atoms with Crippen LogP contribution in [0.5, 0.6) is 0 Å². The standard InChI is InChI=1S/C15H14N4O/c1-11-7-12(3-2-4-16)9-13(8-11)15(20)19-14-10-17-5-6-18-14/h5-10H,4,16H2,1H3,(H,18,19,20). The second-order valence-electron chi connectivity index (χ2n) is 4.14. The van der Waals surface area contributed by atoms with Crippen LogP contribution in [0.3, 0.4) is 0 Å². The van der Waals surface area contributed by atoms with Crippen LogP contribution in [0.4, 0.5) is 5.82 Å². The Kier molecular flexibility index (Phi) is 4.43. The molecule has 1 amide bonds. The van der Waals surface area contributed by atoms with Gasteiger partial charge in [-0.2, -0.15) is 0 Å². The molecule has 3 N–H and O–H groups in total. The van der Waals surface area contributed by atoms with Crippen LogP contribution in [-0.2, 0) is 0 Å². The molecular weight excluding hydrogens is 252 g/mol. The van der Waals surface area contributed by atoms with Gasteiger partial charge in [0.05, 0.1) is 12.7 Å². The summed E-state index contributed by atoms with van der Waals surface area (Å²) >= 11 is 0. The maximum Gasteiger partial charge on any atom is 0.256 e. The number of nitrogens with two attached hydrogens (primary N) is 1. The van der Waals surface area contributed by atoms with Crippen LogP contribution in [0.1, 0.15) is 21.5 Å². The first-order chi connectivity index (χ1) is 9.69.